The van der Waals surface area contributed by atoms with Crippen LogP contribution in [0.1, 0.15) is 31.9 Å². The second-order valence-corrected chi connectivity index (χ2v) is 5.63. The molecule has 0 radical (unpaired) electrons. The van der Waals surface area contributed by atoms with Crippen LogP contribution in [-0.2, 0) is 0 Å². The van der Waals surface area contributed by atoms with E-state index in [4.69, 9.17) is 5.73 Å². The van der Waals surface area contributed by atoms with Gasteiger partial charge in [0.2, 0.25) is 0 Å². The predicted molar refractivity (Wildman–Crippen MR) is 84.3 cm³/mol. The summed E-state index contributed by atoms with van der Waals surface area (Å²) in [6.07, 6.45) is 2.79. The van der Waals surface area contributed by atoms with Crippen LogP contribution in [0.15, 0.2) is 39.4 Å². The Hall–Kier alpha value is -1.86. The Morgan fingerprint density at radius 2 is 2.33 bits per heavy atom. The molecule has 0 aromatic carbocycles. The van der Waals surface area contributed by atoms with Crippen LogP contribution in [0.25, 0.3) is 0 Å². The highest BCUT2D eigenvalue weighted by Crippen LogP contribution is 2.29. The lowest BCUT2D eigenvalue weighted by atomic mass is 10.1. The zero-order valence-corrected chi connectivity index (χ0v) is 12.9. The molecule has 0 aliphatic heterocycles. The van der Waals surface area contributed by atoms with E-state index in [-0.39, 0.29) is 17.4 Å². The summed E-state index contributed by atoms with van der Waals surface area (Å²) in [6.45, 7) is 5.15. The first-order valence-electron chi connectivity index (χ1n) is 6.83. The lowest BCUT2D eigenvalue weighted by molar-refractivity contribution is 0.560. The van der Waals surface area contributed by atoms with Crippen molar-refractivity contribution in [3.05, 3.63) is 40.3 Å². The number of hydrogen-bond acceptors (Lipinski definition) is 6. The van der Waals surface area contributed by atoms with Gasteiger partial charge in [0.05, 0.1) is 0 Å². The van der Waals surface area contributed by atoms with E-state index in [0.717, 1.165) is 23.6 Å². The molecule has 7 heteroatoms. The smallest absolute Gasteiger partial charge is 0.253 e. The molecule has 112 valence electrons. The van der Waals surface area contributed by atoms with Crippen LogP contribution in [0.4, 0.5) is 5.82 Å². The lowest BCUT2D eigenvalue weighted by Gasteiger charge is -2.16. The van der Waals surface area contributed by atoms with E-state index < -0.39 is 0 Å². The van der Waals surface area contributed by atoms with E-state index in [2.05, 4.69) is 34.1 Å². The summed E-state index contributed by atoms with van der Waals surface area (Å²) >= 11 is 1.31. The zero-order chi connectivity index (χ0) is 15.2. The van der Waals surface area contributed by atoms with Crippen molar-refractivity contribution in [2.45, 2.75) is 36.5 Å². The highest BCUT2D eigenvalue weighted by molar-refractivity contribution is 7.99. The molecule has 2 aromatic rings. The first kappa shape index (κ1) is 15.5. The average molecular weight is 305 g/mol. The number of nitrogens with one attached hydrogen (secondary N) is 2. The van der Waals surface area contributed by atoms with Gasteiger partial charge in [0.1, 0.15) is 10.8 Å². The first-order chi connectivity index (χ1) is 10.1. The third-order valence-electron chi connectivity index (χ3n) is 2.90. The van der Waals surface area contributed by atoms with Gasteiger partial charge >= 0.3 is 0 Å². The van der Waals surface area contributed by atoms with Gasteiger partial charge in [-0.1, -0.05) is 13.0 Å². The van der Waals surface area contributed by atoms with E-state index in [1.807, 2.05) is 12.1 Å². The molecule has 0 aliphatic rings. The van der Waals surface area contributed by atoms with Crippen LogP contribution in [0.2, 0.25) is 0 Å². The molecule has 0 fully saturated rings. The van der Waals surface area contributed by atoms with Crippen molar-refractivity contribution in [2.75, 3.05) is 12.3 Å². The minimum Gasteiger partial charge on any atom is -0.383 e. The third-order valence-corrected chi connectivity index (χ3v) is 3.82. The summed E-state index contributed by atoms with van der Waals surface area (Å²) in [5, 5.41) is 4.68. The normalized spacial score (nSPS) is 12.3. The molecule has 6 nitrogen and oxygen atoms in total. The van der Waals surface area contributed by atoms with E-state index in [0.29, 0.717) is 5.16 Å². The van der Waals surface area contributed by atoms with Gasteiger partial charge in [-0.25, -0.2) is 9.97 Å². The number of anilines is 1. The summed E-state index contributed by atoms with van der Waals surface area (Å²) in [7, 11) is 0. The SMILES string of the molecule is CCCNC(C)c1cccnc1Sc1nc(N)cc(=O)[nH]1. The average Bonchev–Trinajstić information content (AvgIpc) is 2.44. The van der Waals surface area contributed by atoms with Gasteiger partial charge in [-0.2, -0.15) is 0 Å². The Morgan fingerprint density at radius 1 is 1.52 bits per heavy atom. The summed E-state index contributed by atoms with van der Waals surface area (Å²) < 4.78 is 0. The molecule has 0 saturated carbocycles. The van der Waals surface area contributed by atoms with Crippen molar-refractivity contribution in [3.8, 4) is 0 Å². The van der Waals surface area contributed by atoms with Crippen LogP contribution in [0.5, 0.6) is 0 Å². The number of nitrogen functional groups attached to an aromatic ring is 1. The van der Waals surface area contributed by atoms with Crippen molar-refractivity contribution in [1.29, 1.82) is 0 Å². The fraction of sp³-hybridized carbons (Fsp3) is 0.357. The van der Waals surface area contributed by atoms with E-state index >= 15 is 0 Å². The molecule has 0 spiro atoms. The first-order valence-corrected chi connectivity index (χ1v) is 7.64. The highest BCUT2D eigenvalue weighted by atomic mass is 32.2. The number of hydrogen-bond donors (Lipinski definition) is 3. The van der Waals surface area contributed by atoms with Gasteiger partial charge in [-0.05, 0) is 37.7 Å². The van der Waals surface area contributed by atoms with Crippen LogP contribution in [0.3, 0.4) is 0 Å². The molecule has 0 amide bonds. The molecule has 1 atom stereocenters. The molecular weight excluding hydrogens is 286 g/mol. The van der Waals surface area contributed by atoms with E-state index in [1.165, 1.54) is 17.8 Å². The number of nitrogens with two attached hydrogens (primary N) is 1. The van der Waals surface area contributed by atoms with Gasteiger partial charge in [0.15, 0.2) is 5.16 Å². The number of aromatic amines is 1. The Balaban J connectivity index is 2.25. The standard InChI is InChI=1S/C14H19N5OS/c1-3-6-16-9(2)10-5-4-7-17-13(10)21-14-18-11(15)8-12(20)19-14/h4-5,7-9,16H,3,6H2,1-2H3,(H3,15,18,19,20). The largest absolute Gasteiger partial charge is 0.383 e. The monoisotopic (exact) mass is 305 g/mol. The summed E-state index contributed by atoms with van der Waals surface area (Å²) in [4.78, 5) is 22.6. The van der Waals surface area contributed by atoms with Crippen molar-refractivity contribution < 1.29 is 0 Å². The zero-order valence-electron chi connectivity index (χ0n) is 12.1. The Morgan fingerprint density at radius 3 is 3.05 bits per heavy atom. The fourth-order valence-corrected chi connectivity index (χ4v) is 2.84. The van der Waals surface area contributed by atoms with Gasteiger partial charge in [-0.15, -0.1) is 0 Å². The van der Waals surface area contributed by atoms with Gasteiger partial charge < -0.3 is 16.0 Å². The highest BCUT2D eigenvalue weighted by Gasteiger charge is 2.13. The Kier molecular flexibility index (Phi) is 5.35. The molecule has 0 saturated heterocycles. The Bertz CT molecular complexity index is 658. The molecule has 0 aliphatic carbocycles. The van der Waals surface area contributed by atoms with Crippen molar-refractivity contribution in [2.24, 2.45) is 0 Å². The summed E-state index contributed by atoms with van der Waals surface area (Å²) in [5.74, 6) is 0.205. The molecular formula is C14H19N5OS. The van der Waals surface area contributed by atoms with E-state index in [1.54, 1.807) is 6.20 Å². The lowest BCUT2D eigenvalue weighted by Crippen LogP contribution is -2.20. The van der Waals surface area contributed by atoms with Crippen LogP contribution in [-0.4, -0.2) is 21.5 Å². The predicted octanol–water partition coefficient (Wildman–Crippen LogP) is 1.96. The quantitative estimate of drug-likeness (QED) is 0.706. The summed E-state index contributed by atoms with van der Waals surface area (Å²) in [5.41, 5.74) is 6.41. The molecule has 2 rings (SSSR count). The van der Waals surface area contributed by atoms with Gasteiger partial charge in [0, 0.05) is 23.9 Å². The van der Waals surface area contributed by atoms with Crippen molar-refractivity contribution in [3.63, 3.8) is 0 Å². The molecule has 2 heterocycles. The number of nitrogens with zero attached hydrogens (tertiary/aromatic N) is 2. The maximum absolute atomic E-state index is 11.4. The number of pyridine rings is 1. The molecule has 1 unspecified atom stereocenters. The Labute approximate surface area is 127 Å². The number of aromatic nitrogens is 3. The molecule has 4 N–H and O–H groups in total. The number of rotatable bonds is 6. The number of H-pyrrole nitrogens is 1. The summed E-state index contributed by atoms with van der Waals surface area (Å²) in [6, 6.07) is 5.36. The minimum atomic E-state index is -0.264. The van der Waals surface area contributed by atoms with Gasteiger partial charge in [0.25, 0.3) is 5.56 Å². The fourth-order valence-electron chi connectivity index (χ4n) is 1.88. The van der Waals surface area contributed by atoms with Crippen LogP contribution >= 0.6 is 11.8 Å². The third kappa shape index (κ3) is 4.30. The second kappa shape index (κ2) is 7.24. The van der Waals surface area contributed by atoms with E-state index in [9.17, 15) is 4.79 Å². The van der Waals surface area contributed by atoms with Crippen molar-refractivity contribution in [1.82, 2.24) is 20.3 Å². The van der Waals surface area contributed by atoms with Crippen LogP contribution < -0.4 is 16.6 Å². The maximum Gasteiger partial charge on any atom is 0.253 e. The maximum atomic E-state index is 11.4. The molecule has 21 heavy (non-hydrogen) atoms. The second-order valence-electron chi connectivity index (χ2n) is 4.65. The van der Waals surface area contributed by atoms with Gasteiger partial charge in [-0.3, -0.25) is 4.79 Å². The van der Waals surface area contributed by atoms with Crippen molar-refractivity contribution >= 4 is 17.6 Å². The molecule has 0 bridgehead atoms. The van der Waals surface area contributed by atoms with Crippen LogP contribution in [0, 0.1) is 0 Å². The topological polar surface area (TPSA) is 96.7 Å². The molecule has 2 aromatic heterocycles. The minimum absolute atomic E-state index is 0.175.